The normalized spacial score (nSPS) is 29.4. The summed E-state index contributed by atoms with van der Waals surface area (Å²) in [6.07, 6.45) is 4.60. The number of piperidine rings is 1. The van der Waals surface area contributed by atoms with Crippen molar-refractivity contribution in [2.24, 2.45) is 11.7 Å². The van der Waals surface area contributed by atoms with Crippen LogP contribution in [0.1, 0.15) is 32.6 Å². The minimum Gasteiger partial charge on any atom is -0.392 e. The van der Waals surface area contributed by atoms with Crippen molar-refractivity contribution in [1.29, 1.82) is 0 Å². The van der Waals surface area contributed by atoms with Gasteiger partial charge in [-0.3, -0.25) is 0 Å². The molecule has 0 aromatic heterocycles. The number of rotatable bonds is 5. The Bertz CT molecular complexity index is 152. The van der Waals surface area contributed by atoms with Gasteiger partial charge in [0.1, 0.15) is 0 Å². The van der Waals surface area contributed by atoms with E-state index in [4.69, 9.17) is 5.73 Å². The summed E-state index contributed by atoms with van der Waals surface area (Å²) in [4.78, 5) is 2.38. The number of aliphatic hydroxyl groups is 1. The Labute approximate surface area is 87.3 Å². The second kappa shape index (κ2) is 6.38. The lowest BCUT2D eigenvalue weighted by Crippen LogP contribution is -2.43. The van der Waals surface area contributed by atoms with Gasteiger partial charge in [0.25, 0.3) is 0 Å². The molecule has 3 heteroatoms. The predicted molar refractivity (Wildman–Crippen MR) is 59.1 cm³/mol. The molecular weight excluding hydrogens is 176 g/mol. The molecule has 0 saturated carbocycles. The molecular formula is C11H24N2O. The number of nitrogens with two attached hydrogens (primary N) is 1. The molecule has 1 aliphatic rings. The van der Waals surface area contributed by atoms with Crippen molar-refractivity contribution in [3.63, 3.8) is 0 Å². The van der Waals surface area contributed by atoms with Crippen molar-refractivity contribution < 1.29 is 5.11 Å². The zero-order chi connectivity index (χ0) is 10.4. The molecule has 1 heterocycles. The summed E-state index contributed by atoms with van der Waals surface area (Å²) in [5.41, 5.74) is 5.43. The maximum atomic E-state index is 9.69. The van der Waals surface area contributed by atoms with E-state index in [1.54, 1.807) is 0 Å². The molecule has 1 aliphatic heterocycles. The summed E-state index contributed by atoms with van der Waals surface area (Å²) in [6, 6.07) is 0. The lowest BCUT2D eigenvalue weighted by molar-refractivity contribution is 0.0286. The first-order chi connectivity index (χ1) is 6.74. The number of likely N-dealkylation sites (tertiary alicyclic amines) is 1. The van der Waals surface area contributed by atoms with Crippen LogP contribution in [0.25, 0.3) is 0 Å². The van der Waals surface area contributed by atoms with Crippen LogP contribution in [0.4, 0.5) is 0 Å². The fraction of sp³-hybridized carbons (Fsp3) is 1.00. The third-order valence-electron chi connectivity index (χ3n) is 3.18. The minimum absolute atomic E-state index is 0.113. The van der Waals surface area contributed by atoms with Gasteiger partial charge in [0.15, 0.2) is 0 Å². The van der Waals surface area contributed by atoms with Crippen LogP contribution < -0.4 is 5.73 Å². The van der Waals surface area contributed by atoms with Gasteiger partial charge in [-0.1, -0.05) is 13.3 Å². The summed E-state index contributed by atoms with van der Waals surface area (Å²) >= 11 is 0. The number of aliphatic hydroxyl groups excluding tert-OH is 1. The number of unbranched alkanes of at least 4 members (excludes halogenated alkanes) is 2. The summed E-state index contributed by atoms with van der Waals surface area (Å²) < 4.78 is 0. The molecule has 1 saturated heterocycles. The highest BCUT2D eigenvalue weighted by atomic mass is 16.3. The molecule has 2 unspecified atom stereocenters. The number of hydrogen-bond donors (Lipinski definition) is 2. The molecule has 0 aromatic rings. The predicted octanol–water partition coefficient (Wildman–Crippen LogP) is 0.818. The lowest BCUT2D eigenvalue weighted by Gasteiger charge is -2.34. The number of hydrogen-bond acceptors (Lipinski definition) is 3. The van der Waals surface area contributed by atoms with E-state index in [1.165, 1.54) is 12.8 Å². The van der Waals surface area contributed by atoms with E-state index in [2.05, 4.69) is 11.8 Å². The topological polar surface area (TPSA) is 49.5 Å². The van der Waals surface area contributed by atoms with Crippen molar-refractivity contribution in [2.45, 2.75) is 38.7 Å². The van der Waals surface area contributed by atoms with Crippen LogP contribution in [0.2, 0.25) is 0 Å². The molecule has 1 fully saturated rings. The van der Waals surface area contributed by atoms with Gasteiger partial charge in [0.2, 0.25) is 0 Å². The molecule has 0 bridgehead atoms. The first kappa shape index (κ1) is 12.0. The maximum Gasteiger partial charge on any atom is 0.0693 e. The quantitative estimate of drug-likeness (QED) is 0.646. The van der Waals surface area contributed by atoms with E-state index in [9.17, 15) is 5.11 Å². The van der Waals surface area contributed by atoms with Crippen LogP contribution in [0.3, 0.4) is 0 Å². The third kappa shape index (κ3) is 3.95. The Morgan fingerprint density at radius 2 is 2.14 bits per heavy atom. The van der Waals surface area contributed by atoms with Crippen LogP contribution in [0, 0.1) is 5.92 Å². The van der Waals surface area contributed by atoms with E-state index < -0.39 is 0 Å². The highest BCUT2D eigenvalue weighted by molar-refractivity contribution is 4.76. The molecule has 3 N–H and O–H groups in total. The van der Waals surface area contributed by atoms with E-state index in [-0.39, 0.29) is 6.10 Å². The van der Waals surface area contributed by atoms with Crippen LogP contribution in [0.5, 0.6) is 0 Å². The Morgan fingerprint density at radius 1 is 1.36 bits per heavy atom. The second-order valence-corrected chi connectivity index (χ2v) is 4.48. The van der Waals surface area contributed by atoms with Crippen LogP contribution in [-0.2, 0) is 0 Å². The average molecular weight is 200 g/mol. The van der Waals surface area contributed by atoms with Gasteiger partial charge in [-0.15, -0.1) is 0 Å². The molecule has 0 amide bonds. The van der Waals surface area contributed by atoms with Crippen molar-refractivity contribution >= 4 is 0 Å². The van der Waals surface area contributed by atoms with Crippen molar-refractivity contribution in [2.75, 3.05) is 26.2 Å². The first-order valence-corrected chi connectivity index (χ1v) is 5.84. The fourth-order valence-corrected chi connectivity index (χ4v) is 1.97. The SMILES string of the molecule is CC1CCN(CCCCCN)CC1O. The van der Waals surface area contributed by atoms with E-state index in [1.807, 2.05) is 0 Å². The number of nitrogens with zero attached hydrogens (tertiary/aromatic N) is 1. The molecule has 0 aliphatic carbocycles. The van der Waals surface area contributed by atoms with E-state index in [0.29, 0.717) is 5.92 Å². The summed E-state index contributed by atoms with van der Waals surface area (Å²) in [5.74, 6) is 0.482. The minimum atomic E-state index is -0.113. The molecule has 0 aromatic carbocycles. The third-order valence-corrected chi connectivity index (χ3v) is 3.18. The van der Waals surface area contributed by atoms with Crippen LogP contribution in [-0.4, -0.2) is 42.3 Å². The summed E-state index contributed by atoms with van der Waals surface area (Å²) in [7, 11) is 0. The van der Waals surface area contributed by atoms with Crippen molar-refractivity contribution in [1.82, 2.24) is 4.90 Å². The summed E-state index contributed by atoms with van der Waals surface area (Å²) in [5, 5.41) is 9.69. The second-order valence-electron chi connectivity index (χ2n) is 4.48. The first-order valence-electron chi connectivity index (χ1n) is 5.84. The molecule has 0 spiro atoms. The Kier molecular flexibility index (Phi) is 5.45. The van der Waals surface area contributed by atoms with Gasteiger partial charge in [-0.2, -0.15) is 0 Å². The van der Waals surface area contributed by atoms with E-state index >= 15 is 0 Å². The monoisotopic (exact) mass is 200 g/mol. The zero-order valence-corrected chi connectivity index (χ0v) is 9.28. The van der Waals surface area contributed by atoms with Gasteiger partial charge in [-0.05, 0) is 44.8 Å². The van der Waals surface area contributed by atoms with Gasteiger partial charge in [-0.25, -0.2) is 0 Å². The maximum absolute atomic E-state index is 9.69. The lowest BCUT2D eigenvalue weighted by atomic mass is 9.96. The highest BCUT2D eigenvalue weighted by Gasteiger charge is 2.23. The Balaban J connectivity index is 2.07. The molecule has 1 rings (SSSR count). The number of β-amino-alcohol motifs (C(OH)–C–C–N with tert-alkyl or cyclic N) is 1. The standard InChI is InChI=1S/C11H24N2O/c1-10-5-8-13(9-11(10)14)7-4-2-3-6-12/h10-11,14H,2-9,12H2,1H3. The van der Waals surface area contributed by atoms with Gasteiger partial charge < -0.3 is 15.7 Å². The fourth-order valence-electron chi connectivity index (χ4n) is 1.97. The Morgan fingerprint density at radius 3 is 2.79 bits per heavy atom. The molecule has 0 radical (unpaired) electrons. The van der Waals surface area contributed by atoms with E-state index in [0.717, 1.165) is 39.0 Å². The van der Waals surface area contributed by atoms with Gasteiger partial charge >= 0.3 is 0 Å². The van der Waals surface area contributed by atoms with Gasteiger partial charge in [0, 0.05) is 6.54 Å². The summed E-state index contributed by atoms with van der Waals surface area (Å²) in [6.45, 7) is 6.09. The molecule has 14 heavy (non-hydrogen) atoms. The van der Waals surface area contributed by atoms with Crippen LogP contribution >= 0.6 is 0 Å². The molecule has 2 atom stereocenters. The van der Waals surface area contributed by atoms with Crippen molar-refractivity contribution in [3.05, 3.63) is 0 Å². The average Bonchev–Trinajstić information content (AvgIpc) is 2.18. The Hall–Kier alpha value is -0.120. The smallest absolute Gasteiger partial charge is 0.0693 e. The highest BCUT2D eigenvalue weighted by Crippen LogP contribution is 2.17. The molecule has 3 nitrogen and oxygen atoms in total. The molecule has 84 valence electrons. The van der Waals surface area contributed by atoms with Crippen molar-refractivity contribution in [3.8, 4) is 0 Å². The van der Waals surface area contributed by atoms with Crippen LogP contribution in [0.15, 0.2) is 0 Å². The zero-order valence-electron chi connectivity index (χ0n) is 9.28. The van der Waals surface area contributed by atoms with Gasteiger partial charge in [0.05, 0.1) is 6.10 Å². The largest absolute Gasteiger partial charge is 0.392 e.